The first-order chi connectivity index (χ1) is 21.4. The van der Waals surface area contributed by atoms with Gasteiger partial charge in [0.1, 0.15) is 17.7 Å². The van der Waals surface area contributed by atoms with Gasteiger partial charge >= 0.3 is 6.09 Å². The lowest BCUT2D eigenvalue weighted by Gasteiger charge is -2.35. The number of benzene rings is 3. The van der Waals surface area contributed by atoms with Crippen molar-refractivity contribution >= 4 is 46.1 Å². The maximum Gasteiger partial charge on any atom is 0.408 e. The minimum atomic E-state index is -0.896. The van der Waals surface area contributed by atoms with Crippen LogP contribution in [0.5, 0.6) is 0 Å². The lowest BCUT2D eigenvalue weighted by molar-refractivity contribution is -0.141. The lowest BCUT2D eigenvalue weighted by Crippen LogP contribution is -2.53. The van der Waals surface area contributed by atoms with E-state index in [0.29, 0.717) is 24.4 Å². The third kappa shape index (κ3) is 10.8. The van der Waals surface area contributed by atoms with Crippen molar-refractivity contribution < 1.29 is 19.1 Å². The third-order valence-corrected chi connectivity index (χ3v) is 8.55. The number of unbranched alkanes of at least 4 members (excludes halogenated alkanes) is 4. The number of thioether (sulfide) groups is 1. The van der Waals surface area contributed by atoms with Crippen molar-refractivity contribution in [1.82, 2.24) is 10.2 Å². The summed E-state index contributed by atoms with van der Waals surface area (Å²) in [5, 5.41) is 8.07. The monoisotopic (exact) mass is 633 g/mol. The van der Waals surface area contributed by atoms with Crippen LogP contribution in [0.4, 0.5) is 10.5 Å². The number of alkyl carbamates (subject to hydrolysis) is 1. The van der Waals surface area contributed by atoms with Gasteiger partial charge in [-0.1, -0.05) is 81.1 Å². The Kier molecular flexibility index (Phi) is 13.8. The Morgan fingerprint density at radius 2 is 1.62 bits per heavy atom. The van der Waals surface area contributed by atoms with Gasteiger partial charge in [0.2, 0.25) is 5.91 Å². The number of aryl methyl sites for hydroxylation is 1. The van der Waals surface area contributed by atoms with Gasteiger partial charge in [0.25, 0.3) is 5.91 Å². The molecule has 2 N–H and O–H groups in total. The topological polar surface area (TPSA) is 87.7 Å². The second kappa shape index (κ2) is 17.2. The summed E-state index contributed by atoms with van der Waals surface area (Å²) in [5.74, 6) is 0.0836. The Morgan fingerprint density at radius 1 is 0.911 bits per heavy atom. The van der Waals surface area contributed by atoms with Crippen LogP contribution in [0, 0.1) is 13.8 Å². The third-order valence-electron chi connectivity index (χ3n) is 7.90. The van der Waals surface area contributed by atoms with Crippen molar-refractivity contribution in [3.8, 4) is 0 Å². The number of fused-ring (bicyclic) bond motifs is 1. The fourth-order valence-corrected chi connectivity index (χ4v) is 5.87. The second-order valence-corrected chi connectivity index (χ2v) is 13.7. The van der Waals surface area contributed by atoms with Crippen molar-refractivity contribution in [2.24, 2.45) is 0 Å². The summed E-state index contributed by atoms with van der Waals surface area (Å²) in [7, 11) is 0. The predicted octanol–water partition coefficient (Wildman–Crippen LogP) is 8.58. The molecule has 3 aromatic carbocycles. The molecule has 3 amide bonds. The number of nitrogens with one attached hydrogen (secondary N) is 2. The number of amides is 3. The number of rotatable bonds is 15. The van der Waals surface area contributed by atoms with E-state index in [-0.39, 0.29) is 11.8 Å². The first kappa shape index (κ1) is 36.0. The highest BCUT2D eigenvalue weighted by Gasteiger charge is 2.37. The Labute approximate surface area is 273 Å². The second-order valence-electron chi connectivity index (χ2n) is 12.7. The van der Waals surface area contributed by atoms with Gasteiger partial charge in [-0.3, -0.25) is 9.59 Å². The molecule has 0 fully saturated rings. The summed E-state index contributed by atoms with van der Waals surface area (Å²) in [6.07, 6.45) is 6.71. The smallest absolute Gasteiger partial charge is 0.408 e. The molecule has 0 aromatic heterocycles. The van der Waals surface area contributed by atoms with Crippen LogP contribution < -0.4 is 10.6 Å². The van der Waals surface area contributed by atoms with Crippen molar-refractivity contribution in [2.45, 2.75) is 97.8 Å². The fourth-order valence-electron chi connectivity index (χ4n) is 5.39. The molecule has 0 bridgehead atoms. The Bertz CT molecular complexity index is 1430. The average Bonchev–Trinajstić information content (AvgIpc) is 2.99. The van der Waals surface area contributed by atoms with Gasteiger partial charge in [-0.2, -0.15) is 11.8 Å². The van der Waals surface area contributed by atoms with Crippen LogP contribution in [0.2, 0.25) is 0 Å². The molecule has 0 aliphatic heterocycles. The van der Waals surface area contributed by atoms with E-state index >= 15 is 0 Å². The van der Waals surface area contributed by atoms with E-state index in [4.69, 9.17) is 4.74 Å². The molecule has 0 saturated carbocycles. The number of carbonyl (C=O) groups is 3. The molecule has 45 heavy (non-hydrogen) atoms. The molecule has 244 valence electrons. The number of ether oxygens (including phenoxy) is 1. The highest BCUT2D eigenvalue weighted by atomic mass is 32.2. The lowest BCUT2D eigenvalue weighted by atomic mass is 9.94. The van der Waals surface area contributed by atoms with E-state index in [1.807, 2.05) is 80.8 Å². The molecular weight excluding hydrogens is 582 g/mol. The summed E-state index contributed by atoms with van der Waals surface area (Å²) >= 11 is 1.60. The molecule has 2 atom stereocenters. The zero-order chi connectivity index (χ0) is 33.0. The molecule has 0 saturated heterocycles. The number of nitrogens with zero attached hydrogens (tertiary/aromatic N) is 1. The fraction of sp³-hybridized carbons (Fsp3) is 0.486. The number of hydrogen-bond acceptors (Lipinski definition) is 5. The minimum absolute atomic E-state index is 0.287. The maximum absolute atomic E-state index is 14.6. The zero-order valence-corrected chi connectivity index (χ0v) is 28.9. The molecule has 3 aromatic rings. The van der Waals surface area contributed by atoms with Gasteiger partial charge in [0.05, 0.1) is 0 Å². The molecular formula is C37H51N3O4S. The molecule has 8 heteroatoms. The normalized spacial score (nSPS) is 12.8. The minimum Gasteiger partial charge on any atom is -0.444 e. The summed E-state index contributed by atoms with van der Waals surface area (Å²) in [6.45, 7) is 11.9. The maximum atomic E-state index is 14.6. The molecule has 0 radical (unpaired) electrons. The highest BCUT2D eigenvalue weighted by Crippen LogP contribution is 2.30. The molecule has 3 rings (SSSR count). The Morgan fingerprint density at radius 3 is 2.31 bits per heavy atom. The van der Waals surface area contributed by atoms with E-state index in [9.17, 15) is 14.4 Å². The van der Waals surface area contributed by atoms with Crippen LogP contribution in [-0.2, 0) is 14.3 Å². The molecule has 2 unspecified atom stereocenters. The van der Waals surface area contributed by atoms with Crippen LogP contribution >= 0.6 is 11.8 Å². The van der Waals surface area contributed by atoms with Crippen LogP contribution in [0.15, 0.2) is 60.7 Å². The van der Waals surface area contributed by atoms with Crippen LogP contribution in [0.25, 0.3) is 10.8 Å². The summed E-state index contributed by atoms with van der Waals surface area (Å²) in [5.41, 5.74) is 2.72. The van der Waals surface area contributed by atoms with Gasteiger partial charge < -0.3 is 20.3 Å². The quantitative estimate of drug-likeness (QED) is 0.164. The Balaban J connectivity index is 2.06. The zero-order valence-electron chi connectivity index (χ0n) is 28.1. The summed E-state index contributed by atoms with van der Waals surface area (Å²) in [6, 6.07) is 18.0. The molecule has 0 spiro atoms. The Hall–Kier alpha value is -3.52. The van der Waals surface area contributed by atoms with Crippen molar-refractivity contribution in [2.75, 3.05) is 23.9 Å². The van der Waals surface area contributed by atoms with Gasteiger partial charge in [-0.25, -0.2) is 4.79 Å². The van der Waals surface area contributed by atoms with Gasteiger partial charge in [0.15, 0.2) is 0 Å². The van der Waals surface area contributed by atoms with Gasteiger partial charge in [-0.15, -0.1) is 0 Å². The molecule has 7 nitrogen and oxygen atoms in total. The van der Waals surface area contributed by atoms with Gasteiger partial charge in [-0.05, 0) is 99.1 Å². The van der Waals surface area contributed by atoms with Crippen LogP contribution in [0.3, 0.4) is 0 Å². The number of anilines is 1. The van der Waals surface area contributed by atoms with E-state index in [1.54, 1.807) is 37.4 Å². The highest BCUT2D eigenvalue weighted by molar-refractivity contribution is 7.98. The van der Waals surface area contributed by atoms with E-state index in [2.05, 4.69) is 17.6 Å². The predicted molar refractivity (Wildman–Crippen MR) is 188 cm³/mol. The summed E-state index contributed by atoms with van der Waals surface area (Å²) < 4.78 is 5.54. The average molecular weight is 634 g/mol. The first-order valence-corrected chi connectivity index (χ1v) is 17.5. The van der Waals surface area contributed by atoms with Crippen LogP contribution in [-0.4, -0.2) is 53.0 Å². The molecule has 0 aliphatic rings. The van der Waals surface area contributed by atoms with Gasteiger partial charge in [0, 0.05) is 12.2 Å². The number of hydrogen-bond donors (Lipinski definition) is 2. The van der Waals surface area contributed by atoms with E-state index in [0.717, 1.165) is 59.6 Å². The first-order valence-electron chi connectivity index (χ1n) is 16.1. The van der Waals surface area contributed by atoms with E-state index < -0.39 is 23.8 Å². The SMILES string of the molecule is CCCCCCCN(C(=O)C(CCSC)NC(=O)OC(C)(C)C)C(C(=O)Nc1ccc2ccccc2c1)c1cccc(C)c1C. The molecule has 0 heterocycles. The molecule has 0 aliphatic carbocycles. The standard InChI is InChI=1S/C37H51N3O4S/c1-8-9-10-11-14-23-40(35(42)32(22-24-45-7)39-36(43)44-37(4,5)6)33(31-19-15-16-26(2)27(31)3)34(41)38-30-21-20-28-17-12-13-18-29(28)25-30/h12-13,15-21,25,32-33H,8-11,14,22-24H2,1-7H3,(H,38,41)(H,39,43). The van der Waals surface area contributed by atoms with Crippen molar-refractivity contribution in [1.29, 1.82) is 0 Å². The van der Waals surface area contributed by atoms with E-state index in [1.165, 1.54) is 0 Å². The van der Waals surface area contributed by atoms with Crippen LogP contribution in [0.1, 0.15) is 89.0 Å². The number of carbonyl (C=O) groups excluding carboxylic acids is 3. The van der Waals surface area contributed by atoms with Crippen molar-refractivity contribution in [3.63, 3.8) is 0 Å². The van der Waals surface area contributed by atoms with Crippen molar-refractivity contribution in [3.05, 3.63) is 77.4 Å². The largest absolute Gasteiger partial charge is 0.444 e. The summed E-state index contributed by atoms with van der Waals surface area (Å²) in [4.78, 5) is 43.6.